The molecule has 3 aromatic rings. The number of benzene rings is 2. The first-order chi connectivity index (χ1) is 12.5. The molecule has 1 amide bonds. The van der Waals surface area contributed by atoms with Crippen LogP contribution in [-0.2, 0) is 0 Å². The molecular weight excluding hydrogens is 377 g/mol. The van der Waals surface area contributed by atoms with E-state index in [4.69, 9.17) is 27.9 Å². The third-order valence-electron chi connectivity index (χ3n) is 3.58. The number of nitrogens with zero attached hydrogens (tertiary/aromatic N) is 2. The number of pyridine rings is 1. The third-order valence-corrected chi connectivity index (χ3v) is 4.11. The number of nitrogens with one attached hydrogen (secondary N) is 1. The molecule has 6 nitrogen and oxygen atoms in total. The van der Waals surface area contributed by atoms with E-state index >= 15 is 0 Å². The van der Waals surface area contributed by atoms with E-state index in [0.29, 0.717) is 21.9 Å². The Balaban J connectivity index is 1.82. The standard InChI is InChI=1S/C18H13Cl2N3O3/c1-26-13-3-4-15-10(7-13)6-11(17(20)22-15)9-21-23-18(25)14-8-12(19)2-5-16(14)24/h2-9,24H,1H3,(H,23,25)/b21-9-. The summed E-state index contributed by atoms with van der Waals surface area (Å²) in [6, 6.07) is 11.3. The molecule has 1 aromatic heterocycles. The average Bonchev–Trinajstić information content (AvgIpc) is 2.63. The second-order valence-electron chi connectivity index (χ2n) is 5.29. The van der Waals surface area contributed by atoms with E-state index in [1.165, 1.54) is 24.4 Å². The highest BCUT2D eigenvalue weighted by Gasteiger charge is 2.11. The van der Waals surface area contributed by atoms with Crippen LogP contribution in [0.25, 0.3) is 10.9 Å². The minimum Gasteiger partial charge on any atom is -0.507 e. The number of phenolic OH excluding ortho intramolecular Hbond substituents is 1. The first kappa shape index (κ1) is 18.0. The van der Waals surface area contributed by atoms with Crippen molar-refractivity contribution in [2.75, 3.05) is 7.11 Å². The molecule has 26 heavy (non-hydrogen) atoms. The van der Waals surface area contributed by atoms with Gasteiger partial charge in [0.2, 0.25) is 0 Å². The highest BCUT2D eigenvalue weighted by molar-refractivity contribution is 6.32. The summed E-state index contributed by atoms with van der Waals surface area (Å²) >= 11 is 12.0. The van der Waals surface area contributed by atoms with Gasteiger partial charge in [0.1, 0.15) is 16.7 Å². The minimum absolute atomic E-state index is 0.0159. The molecule has 0 radical (unpaired) electrons. The lowest BCUT2D eigenvalue weighted by molar-refractivity contribution is 0.0952. The average molecular weight is 390 g/mol. The van der Waals surface area contributed by atoms with Crippen LogP contribution in [0.15, 0.2) is 47.6 Å². The Morgan fingerprint density at radius 2 is 2.04 bits per heavy atom. The summed E-state index contributed by atoms with van der Waals surface area (Å²) in [6.07, 6.45) is 1.37. The Bertz CT molecular complexity index is 1020. The molecule has 0 spiro atoms. The predicted molar refractivity (Wildman–Crippen MR) is 101 cm³/mol. The monoisotopic (exact) mass is 389 g/mol. The van der Waals surface area contributed by atoms with Crippen molar-refractivity contribution in [2.24, 2.45) is 5.10 Å². The normalized spacial score (nSPS) is 11.0. The van der Waals surface area contributed by atoms with Crippen molar-refractivity contribution in [1.82, 2.24) is 10.4 Å². The van der Waals surface area contributed by atoms with Crippen molar-refractivity contribution in [3.05, 3.63) is 63.8 Å². The number of rotatable bonds is 4. The third kappa shape index (κ3) is 3.87. The molecule has 2 aromatic carbocycles. The highest BCUT2D eigenvalue weighted by atomic mass is 35.5. The number of hydrazone groups is 1. The van der Waals surface area contributed by atoms with Crippen molar-refractivity contribution < 1.29 is 14.6 Å². The lowest BCUT2D eigenvalue weighted by Crippen LogP contribution is -2.17. The molecule has 1 heterocycles. The number of hydrogen-bond acceptors (Lipinski definition) is 5. The van der Waals surface area contributed by atoms with Crippen molar-refractivity contribution in [2.45, 2.75) is 0 Å². The smallest absolute Gasteiger partial charge is 0.275 e. The van der Waals surface area contributed by atoms with E-state index in [1.54, 1.807) is 25.3 Å². The first-order valence-corrected chi connectivity index (χ1v) is 8.20. The molecule has 0 bridgehead atoms. The molecule has 0 aliphatic rings. The molecule has 8 heteroatoms. The molecule has 3 rings (SSSR count). The lowest BCUT2D eigenvalue weighted by Gasteiger charge is -2.05. The summed E-state index contributed by atoms with van der Waals surface area (Å²) in [6.45, 7) is 0. The fraction of sp³-hybridized carbons (Fsp3) is 0.0556. The van der Waals surface area contributed by atoms with Crippen molar-refractivity contribution in [1.29, 1.82) is 0 Å². The van der Waals surface area contributed by atoms with Crippen LogP contribution < -0.4 is 10.2 Å². The van der Waals surface area contributed by atoms with Crippen LogP contribution >= 0.6 is 23.2 Å². The lowest BCUT2D eigenvalue weighted by atomic mass is 10.1. The number of aromatic nitrogens is 1. The first-order valence-electron chi connectivity index (χ1n) is 7.44. The number of methoxy groups -OCH3 is 1. The van der Waals surface area contributed by atoms with Gasteiger partial charge in [-0.15, -0.1) is 0 Å². The van der Waals surface area contributed by atoms with Gasteiger partial charge in [-0.05, 0) is 42.5 Å². The number of fused-ring (bicyclic) bond motifs is 1. The molecule has 0 atom stereocenters. The van der Waals surface area contributed by atoms with E-state index in [-0.39, 0.29) is 16.5 Å². The zero-order chi connectivity index (χ0) is 18.7. The number of halogens is 2. The Morgan fingerprint density at radius 1 is 1.23 bits per heavy atom. The Labute approximate surface area is 159 Å². The number of aromatic hydroxyl groups is 1. The molecule has 2 N–H and O–H groups in total. The quantitative estimate of drug-likeness (QED) is 0.401. The van der Waals surface area contributed by atoms with Crippen LogP contribution in [0.5, 0.6) is 11.5 Å². The molecular formula is C18H13Cl2N3O3. The van der Waals surface area contributed by atoms with E-state index in [9.17, 15) is 9.90 Å². The summed E-state index contributed by atoms with van der Waals surface area (Å²) in [7, 11) is 1.58. The molecule has 0 saturated heterocycles. The van der Waals surface area contributed by atoms with E-state index in [1.807, 2.05) is 6.07 Å². The fourth-order valence-corrected chi connectivity index (χ4v) is 2.64. The van der Waals surface area contributed by atoms with Gasteiger partial charge in [-0.1, -0.05) is 23.2 Å². The second kappa shape index (κ2) is 7.59. The van der Waals surface area contributed by atoms with Crippen molar-refractivity contribution in [3.63, 3.8) is 0 Å². The number of hydrogen-bond donors (Lipinski definition) is 2. The van der Waals surface area contributed by atoms with Gasteiger partial charge in [0.15, 0.2) is 0 Å². The van der Waals surface area contributed by atoms with E-state index in [0.717, 1.165) is 5.39 Å². The van der Waals surface area contributed by atoms with Gasteiger partial charge in [0.25, 0.3) is 5.91 Å². The second-order valence-corrected chi connectivity index (χ2v) is 6.08. The number of ether oxygens (including phenoxy) is 1. The maximum absolute atomic E-state index is 12.1. The Hall–Kier alpha value is -2.83. The summed E-state index contributed by atoms with van der Waals surface area (Å²) in [5, 5.41) is 15.0. The fourth-order valence-electron chi connectivity index (χ4n) is 2.28. The van der Waals surface area contributed by atoms with Gasteiger partial charge in [0.05, 0.1) is 24.4 Å². The Morgan fingerprint density at radius 3 is 2.81 bits per heavy atom. The molecule has 0 fully saturated rings. The van der Waals surface area contributed by atoms with Gasteiger partial charge in [0, 0.05) is 16.0 Å². The van der Waals surface area contributed by atoms with Crippen LogP contribution in [0, 0.1) is 0 Å². The van der Waals surface area contributed by atoms with Crippen molar-refractivity contribution >= 4 is 46.2 Å². The number of carbonyl (C=O) groups is 1. The van der Waals surface area contributed by atoms with Crippen LogP contribution in [0.1, 0.15) is 15.9 Å². The Kier molecular flexibility index (Phi) is 5.25. The van der Waals surface area contributed by atoms with Crippen LogP contribution in [0.4, 0.5) is 0 Å². The van der Waals surface area contributed by atoms with E-state index in [2.05, 4.69) is 15.5 Å². The van der Waals surface area contributed by atoms with Gasteiger partial charge in [-0.2, -0.15) is 5.10 Å². The van der Waals surface area contributed by atoms with Gasteiger partial charge in [-0.3, -0.25) is 4.79 Å². The van der Waals surface area contributed by atoms with Gasteiger partial charge < -0.3 is 9.84 Å². The largest absolute Gasteiger partial charge is 0.507 e. The zero-order valence-corrected chi connectivity index (χ0v) is 15.0. The molecule has 0 aliphatic heterocycles. The summed E-state index contributed by atoms with van der Waals surface area (Å²) in [4.78, 5) is 16.4. The maximum atomic E-state index is 12.1. The topological polar surface area (TPSA) is 83.8 Å². The highest BCUT2D eigenvalue weighted by Crippen LogP contribution is 2.24. The van der Waals surface area contributed by atoms with Crippen LogP contribution in [0.2, 0.25) is 10.2 Å². The molecule has 0 unspecified atom stereocenters. The zero-order valence-electron chi connectivity index (χ0n) is 13.5. The van der Waals surface area contributed by atoms with Crippen LogP contribution in [-0.4, -0.2) is 29.3 Å². The maximum Gasteiger partial charge on any atom is 0.275 e. The number of carbonyl (C=O) groups excluding carboxylic acids is 1. The molecule has 132 valence electrons. The number of phenols is 1. The molecule has 0 saturated carbocycles. The van der Waals surface area contributed by atoms with Crippen molar-refractivity contribution in [3.8, 4) is 11.5 Å². The minimum atomic E-state index is -0.604. The summed E-state index contributed by atoms with van der Waals surface area (Å²) in [5.74, 6) is -0.110. The summed E-state index contributed by atoms with van der Waals surface area (Å²) in [5.41, 5.74) is 3.56. The molecule has 0 aliphatic carbocycles. The van der Waals surface area contributed by atoms with Gasteiger partial charge >= 0.3 is 0 Å². The predicted octanol–water partition coefficient (Wildman–Crippen LogP) is 4.02. The number of amides is 1. The SMILES string of the molecule is COc1ccc2nc(Cl)c(/C=N\NC(=O)c3cc(Cl)ccc3O)cc2c1. The van der Waals surface area contributed by atoms with Crippen LogP contribution in [0.3, 0.4) is 0 Å². The van der Waals surface area contributed by atoms with Gasteiger partial charge in [-0.25, -0.2) is 10.4 Å². The van der Waals surface area contributed by atoms with E-state index < -0.39 is 5.91 Å². The summed E-state index contributed by atoms with van der Waals surface area (Å²) < 4.78 is 5.19.